The quantitative estimate of drug-likeness (QED) is 0.741. The zero-order valence-electron chi connectivity index (χ0n) is 7.72. The minimum atomic E-state index is -0.748. The molecule has 0 unspecified atom stereocenters. The first-order chi connectivity index (χ1) is 6.62. The van der Waals surface area contributed by atoms with Gasteiger partial charge in [0.25, 0.3) is 0 Å². The molecule has 76 valence electrons. The summed E-state index contributed by atoms with van der Waals surface area (Å²) in [7, 11) is 0. The average Bonchev–Trinajstić information content (AvgIpc) is 2.58. The van der Waals surface area contributed by atoms with Crippen LogP contribution >= 0.6 is 23.2 Å². The summed E-state index contributed by atoms with van der Waals surface area (Å²) in [6.07, 6.45) is 0. The summed E-state index contributed by atoms with van der Waals surface area (Å²) in [5.41, 5.74) is 0.782. The fourth-order valence-electron chi connectivity index (χ4n) is 1.52. The van der Waals surface area contributed by atoms with Crippen molar-refractivity contribution in [2.45, 2.75) is 12.7 Å². The first-order valence-electron chi connectivity index (χ1n) is 4.35. The molecular formula is C10H10Cl2O2. The van der Waals surface area contributed by atoms with Crippen LogP contribution in [-0.2, 0) is 15.3 Å². The van der Waals surface area contributed by atoms with Crippen molar-refractivity contribution < 1.29 is 9.47 Å². The molecule has 0 N–H and O–H groups in total. The predicted molar refractivity (Wildman–Crippen MR) is 55.7 cm³/mol. The van der Waals surface area contributed by atoms with Crippen LogP contribution in [0.3, 0.4) is 0 Å². The van der Waals surface area contributed by atoms with Gasteiger partial charge in [-0.25, -0.2) is 0 Å². The summed E-state index contributed by atoms with van der Waals surface area (Å²) in [6, 6.07) is 5.26. The van der Waals surface area contributed by atoms with Crippen LogP contribution in [0.4, 0.5) is 0 Å². The van der Waals surface area contributed by atoms with Crippen LogP contribution in [-0.4, -0.2) is 13.2 Å². The van der Waals surface area contributed by atoms with Crippen LogP contribution in [0.1, 0.15) is 12.5 Å². The zero-order valence-corrected chi connectivity index (χ0v) is 9.23. The molecule has 1 aromatic rings. The van der Waals surface area contributed by atoms with Crippen molar-refractivity contribution in [1.29, 1.82) is 0 Å². The van der Waals surface area contributed by atoms with Gasteiger partial charge in [0.15, 0.2) is 5.79 Å². The topological polar surface area (TPSA) is 18.5 Å². The normalized spacial score (nSPS) is 19.9. The summed E-state index contributed by atoms with van der Waals surface area (Å²) in [5, 5.41) is 1.24. The lowest BCUT2D eigenvalue weighted by Crippen LogP contribution is -2.22. The van der Waals surface area contributed by atoms with Crippen LogP contribution in [0.25, 0.3) is 0 Å². The van der Waals surface area contributed by atoms with E-state index in [9.17, 15) is 0 Å². The molecule has 0 aromatic heterocycles. The Hall–Kier alpha value is -0.280. The average molecular weight is 233 g/mol. The fourth-order valence-corrected chi connectivity index (χ4v) is 1.98. The molecule has 0 amide bonds. The molecule has 1 aromatic carbocycles. The number of ether oxygens (including phenoxy) is 2. The van der Waals surface area contributed by atoms with Gasteiger partial charge in [-0.05, 0) is 25.1 Å². The molecular weight excluding hydrogens is 223 g/mol. The molecule has 1 fully saturated rings. The van der Waals surface area contributed by atoms with E-state index in [1.54, 1.807) is 18.2 Å². The number of hydrogen-bond acceptors (Lipinski definition) is 2. The van der Waals surface area contributed by atoms with E-state index in [1.807, 2.05) is 6.92 Å². The second-order valence-electron chi connectivity index (χ2n) is 3.27. The Bertz CT molecular complexity index is 346. The van der Waals surface area contributed by atoms with Gasteiger partial charge in [-0.1, -0.05) is 23.2 Å². The van der Waals surface area contributed by atoms with Crippen molar-refractivity contribution in [3.8, 4) is 0 Å². The molecule has 1 heterocycles. The van der Waals surface area contributed by atoms with E-state index in [0.717, 1.165) is 5.56 Å². The SMILES string of the molecule is CC1(c2cc(Cl)ccc2Cl)OCCO1. The predicted octanol–water partition coefficient (Wildman–Crippen LogP) is 3.21. The lowest BCUT2D eigenvalue weighted by atomic mass is 10.1. The van der Waals surface area contributed by atoms with Gasteiger partial charge in [-0.3, -0.25) is 0 Å². The molecule has 1 aliphatic rings. The molecule has 1 aliphatic heterocycles. The number of rotatable bonds is 1. The lowest BCUT2D eigenvalue weighted by molar-refractivity contribution is -0.149. The Kier molecular flexibility index (Phi) is 2.71. The molecule has 1 saturated heterocycles. The highest BCUT2D eigenvalue weighted by Gasteiger charge is 2.35. The monoisotopic (exact) mass is 232 g/mol. The van der Waals surface area contributed by atoms with Crippen LogP contribution in [0.5, 0.6) is 0 Å². The molecule has 14 heavy (non-hydrogen) atoms. The largest absolute Gasteiger partial charge is 0.344 e. The second-order valence-corrected chi connectivity index (χ2v) is 4.11. The Morgan fingerprint density at radius 2 is 1.86 bits per heavy atom. The number of hydrogen-bond donors (Lipinski definition) is 0. The second kappa shape index (κ2) is 3.70. The minimum Gasteiger partial charge on any atom is -0.344 e. The minimum absolute atomic E-state index is 0.583. The Labute approximate surface area is 92.7 Å². The number of benzene rings is 1. The van der Waals surface area contributed by atoms with Crippen molar-refractivity contribution in [2.24, 2.45) is 0 Å². The van der Waals surface area contributed by atoms with E-state index in [4.69, 9.17) is 32.7 Å². The molecule has 0 aliphatic carbocycles. The van der Waals surface area contributed by atoms with Crippen molar-refractivity contribution >= 4 is 23.2 Å². The van der Waals surface area contributed by atoms with E-state index in [0.29, 0.717) is 23.3 Å². The molecule has 2 rings (SSSR count). The van der Waals surface area contributed by atoms with Crippen molar-refractivity contribution in [3.63, 3.8) is 0 Å². The molecule has 0 atom stereocenters. The molecule has 2 nitrogen and oxygen atoms in total. The van der Waals surface area contributed by atoms with Gasteiger partial charge >= 0.3 is 0 Å². The molecule has 0 spiro atoms. The third-order valence-electron chi connectivity index (χ3n) is 2.26. The van der Waals surface area contributed by atoms with Crippen molar-refractivity contribution in [3.05, 3.63) is 33.8 Å². The van der Waals surface area contributed by atoms with Gasteiger partial charge in [-0.2, -0.15) is 0 Å². The van der Waals surface area contributed by atoms with Crippen LogP contribution in [0.15, 0.2) is 18.2 Å². The third-order valence-corrected chi connectivity index (χ3v) is 2.82. The van der Waals surface area contributed by atoms with Gasteiger partial charge in [-0.15, -0.1) is 0 Å². The standard InChI is InChI=1S/C10H10Cl2O2/c1-10(13-4-5-14-10)8-6-7(11)2-3-9(8)12/h2-3,6H,4-5H2,1H3. The molecule has 4 heteroatoms. The summed E-state index contributed by atoms with van der Waals surface area (Å²) >= 11 is 11.9. The first kappa shape index (κ1) is 10.2. The maximum atomic E-state index is 6.05. The van der Waals surface area contributed by atoms with Crippen molar-refractivity contribution in [1.82, 2.24) is 0 Å². The summed E-state index contributed by atoms with van der Waals surface area (Å²) in [5.74, 6) is -0.748. The van der Waals surface area contributed by atoms with Gasteiger partial charge < -0.3 is 9.47 Å². The summed E-state index contributed by atoms with van der Waals surface area (Å²) in [6.45, 7) is 3.01. The Morgan fingerprint density at radius 1 is 1.21 bits per heavy atom. The summed E-state index contributed by atoms with van der Waals surface area (Å²) in [4.78, 5) is 0. The van der Waals surface area contributed by atoms with E-state index >= 15 is 0 Å². The lowest BCUT2D eigenvalue weighted by Gasteiger charge is -2.23. The smallest absolute Gasteiger partial charge is 0.193 e. The third kappa shape index (κ3) is 1.75. The van der Waals surface area contributed by atoms with Gasteiger partial charge in [0.2, 0.25) is 0 Å². The Morgan fingerprint density at radius 3 is 2.50 bits per heavy atom. The number of halogens is 2. The highest BCUT2D eigenvalue weighted by molar-refractivity contribution is 6.33. The van der Waals surface area contributed by atoms with Crippen LogP contribution < -0.4 is 0 Å². The maximum absolute atomic E-state index is 6.05. The van der Waals surface area contributed by atoms with E-state index in [1.165, 1.54) is 0 Å². The maximum Gasteiger partial charge on any atom is 0.193 e. The zero-order chi connectivity index (χ0) is 10.2. The van der Waals surface area contributed by atoms with E-state index in [-0.39, 0.29) is 0 Å². The molecule has 0 radical (unpaired) electrons. The van der Waals surface area contributed by atoms with E-state index < -0.39 is 5.79 Å². The van der Waals surface area contributed by atoms with Gasteiger partial charge in [0, 0.05) is 15.6 Å². The molecule has 0 bridgehead atoms. The van der Waals surface area contributed by atoms with Gasteiger partial charge in [0.05, 0.1) is 13.2 Å². The van der Waals surface area contributed by atoms with Gasteiger partial charge in [0.1, 0.15) is 0 Å². The van der Waals surface area contributed by atoms with Crippen LogP contribution in [0, 0.1) is 0 Å². The van der Waals surface area contributed by atoms with Crippen molar-refractivity contribution in [2.75, 3.05) is 13.2 Å². The fraction of sp³-hybridized carbons (Fsp3) is 0.400. The van der Waals surface area contributed by atoms with E-state index in [2.05, 4.69) is 0 Å². The Balaban J connectivity index is 2.44. The van der Waals surface area contributed by atoms with Crippen LogP contribution in [0.2, 0.25) is 10.0 Å². The molecule has 0 saturated carbocycles. The summed E-state index contributed by atoms with van der Waals surface area (Å²) < 4.78 is 11.0. The highest BCUT2D eigenvalue weighted by atomic mass is 35.5. The first-order valence-corrected chi connectivity index (χ1v) is 5.11. The highest BCUT2D eigenvalue weighted by Crippen LogP contribution is 2.36.